The van der Waals surface area contributed by atoms with Gasteiger partial charge in [-0.1, -0.05) is 5.16 Å². The maximum atomic E-state index is 5.69. The summed E-state index contributed by atoms with van der Waals surface area (Å²) in [4.78, 5) is 5.15. The Hall–Kier alpha value is -1.03. The monoisotopic (exact) mass is 213 g/mol. The zero-order chi connectivity index (χ0) is 10.1. The summed E-state index contributed by atoms with van der Waals surface area (Å²) in [6, 6.07) is 0. The second-order valence-electron chi connectivity index (χ2n) is 3.39. The van der Waals surface area contributed by atoms with Crippen molar-refractivity contribution in [3.05, 3.63) is 17.5 Å². The zero-order valence-corrected chi connectivity index (χ0v) is 8.95. The molecule has 1 aliphatic heterocycles. The second-order valence-corrected chi connectivity index (χ2v) is 3.70. The molecule has 0 aromatic carbocycles. The van der Waals surface area contributed by atoms with Gasteiger partial charge in [0.15, 0.2) is 0 Å². The molecule has 0 N–H and O–H groups in total. The molecule has 0 spiro atoms. The molecule has 1 unspecified atom stereocenters. The van der Waals surface area contributed by atoms with Crippen molar-refractivity contribution >= 4 is 17.3 Å². The Morgan fingerprint density at radius 3 is 3.00 bits per heavy atom. The number of hydrogen-bond donors (Lipinski definition) is 0. The van der Waals surface area contributed by atoms with Crippen LogP contribution in [0.3, 0.4) is 0 Å². The summed E-state index contributed by atoms with van der Waals surface area (Å²) >= 11 is 5.69. The Kier molecular flexibility index (Phi) is 2.46. The standard InChI is InChI=1S/C9H12ClN3O/c1-6-8(5-11-13(6)2)9-3-7(4-10)14-12-9/h5,7H,3-4H2,1-2H3. The third-order valence-electron chi connectivity index (χ3n) is 2.45. The third-order valence-corrected chi connectivity index (χ3v) is 2.80. The normalized spacial score (nSPS) is 20.8. The van der Waals surface area contributed by atoms with E-state index in [0.29, 0.717) is 5.88 Å². The Bertz CT molecular complexity index is 372. The van der Waals surface area contributed by atoms with Gasteiger partial charge in [-0.15, -0.1) is 11.6 Å². The summed E-state index contributed by atoms with van der Waals surface area (Å²) in [5.74, 6) is 0.478. The minimum atomic E-state index is 0.0197. The Morgan fingerprint density at radius 1 is 1.71 bits per heavy atom. The van der Waals surface area contributed by atoms with Crippen LogP contribution in [-0.2, 0) is 11.9 Å². The molecule has 0 aliphatic carbocycles. The number of rotatable bonds is 2. The molecule has 76 valence electrons. The van der Waals surface area contributed by atoms with Crippen molar-refractivity contribution in [2.45, 2.75) is 19.4 Å². The van der Waals surface area contributed by atoms with E-state index in [1.54, 1.807) is 0 Å². The van der Waals surface area contributed by atoms with Gasteiger partial charge in [-0.2, -0.15) is 5.10 Å². The predicted octanol–water partition coefficient (Wildman–Crippen LogP) is 1.46. The second kappa shape index (κ2) is 3.61. The van der Waals surface area contributed by atoms with E-state index >= 15 is 0 Å². The first-order valence-corrected chi connectivity index (χ1v) is 5.03. The molecule has 1 aliphatic rings. The Labute approximate surface area is 87.5 Å². The van der Waals surface area contributed by atoms with Crippen LogP contribution in [0.2, 0.25) is 0 Å². The molecule has 1 atom stereocenters. The van der Waals surface area contributed by atoms with Crippen molar-refractivity contribution < 1.29 is 4.84 Å². The van der Waals surface area contributed by atoms with Crippen LogP contribution in [0.4, 0.5) is 0 Å². The van der Waals surface area contributed by atoms with Crippen molar-refractivity contribution in [1.29, 1.82) is 0 Å². The van der Waals surface area contributed by atoms with Gasteiger partial charge in [0.25, 0.3) is 0 Å². The highest BCUT2D eigenvalue weighted by atomic mass is 35.5. The average Bonchev–Trinajstić information content (AvgIpc) is 2.75. The molecule has 0 saturated heterocycles. The summed E-state index contributed by atoms with van der Waals surface area (Å²) in [5.41, 5.74) is 3.10. The highest BCUT2D eigenvalue weighted by Gasteiger charge is 2.23. The first-order valence-electron chi connectivity index (χ1n) is 4.50. The van der Waals surface area contributed by atoms with Crippen molar-refractivity contribution in [2.75, 3.05) is 5.88 Å². The summed E-state index contributed by atoms with van der Waals surface area (Å²) in [6.07, 6.45) is 2.61. The summed E-state index contributed by atoms with van der Waals surface area (Å²) in [7, 11) is 1.91. The molecule has 2 heterocycles. The van der Waals surface area contributed by atoms with Gasteiger partial charge in [-0.25, -0.2) is 0 Å². The van der Waals surface area contributed by atoms with Gasteiger partial charge in [0, 0.05) is 24.7 Å². The Balaban J connectivity index is 2.21. The fourth-order valence-electron chi connectivity index (χ4n) is 1.45. The van der Waals surface area contributed by atoms with Crippen LogP contribution in [0, 0.1) is 6.92 Å². The topological polar surface area (TPSA) is 39.4 Å². The van der Waals surface area contributed by atoms with Gasteiger partial charge in [0.1, 0.15) is 6.10 Å². The molecule has 1 aromatic heterocycles. The van der Waals surface area contributed by atoms with Gasteiger partial charge in [-0.3, -0.25) is 4.68 Å². The lowest BCUT2D eigenvalue weighted by atomic mass is 10.1. The van der Waals surface area contributed by atoms with Gasteiger partial charge in [-0.05, 0) is 6.92 Å². The van der Waals surface area contributed by atoms with Crippen LogP contribution in [0.1, 0.15) is 17.7 Å². The first-order chi connectivity index (χ1) is 6.72. The van der Waals surface area contributed by atoms with Crippen molar-refractivity contribution in [3.63, 3.8) is 0 Å². The lowest BCUT2D eigenvalue weighted by Gasteiger charge is -2.00. The van der Waals surface area contributed by atoms with E-state index in [1.165, 1.54) is 0 Å². The molecule has 14 heavy (non-hydrogen) atoms. The van der Waals surface area contributed by atoms with Gasteiger partial charge in [0.05, 0.1) is 17.8 Å². The van der Waals surface area contributed by atoms with Crippen molar-refractivity contribution in [1.82, 2.24) is 9.78 Å². The van der Waals surface area contributed by atoms with Crippen molar-refractivity contribution in [3.8, 4) is 0 Å². The van der Waals surface area contributed by atoms with Crippen LogP contribution < -0.4 is 0 Å². The minimum Gasteiger partial charge on any atom is -0.391 e. The lowest BCUT2D eigenvalue weighted by Crippen LogP contribution is -2.10. The largest absolute Gasteiger partial charge is 0.391 e. The van der Waals surface area contributed by atoms with E-state index in [4.69, 9.17) is 16.4 Å². The molecule has 1 aromatic rings. The molecular weight excluding hydrogens is 202 g/mol. The average molecular weight is 214 g/mol. The summed E-state index contributed by atoms with van der Waals surface area (Å²) in [6.45, 7) is 2.01. The van der Waals surface area contributed by atoms with Gasteiger partial charge < -0.3 is 4.84 Å². The first kappa shape index (κ1) is 9.52. The number of alkyl halides is 1. The molecular formula is C9H12ClN3O. The van der Waals surface area contributed by atoms with Crippen LogP contribution >= 0.6 is 11.6 Å². The van der Waals surface area contributed by atoms with Crippen LogP contribution in [-0.4, -0.2) is 27.5 Å². The summed E-state index contributed by atoms with van der Waals surface area (Å²) in [5, 5.41) is 8.17. The molecule has 0 bridgehead atoms. The minimum absolute atomic E-state index is 0.0197. The number of oxime groups is 1. The highest BCUT2D eigenvalue weighted by Crippen LogP contribution is 2.19. The molecule has 0 amide bonds. The summed E-state index contributed by atoms with van der Waals surface area (Å²) < 4.78 is 1.83. The van der Waals surface area contributed by atoms with E-state index in [1.807, 2.05) is 24.9 Å². The maximum Gasteiger partial charge on any atom is 0.146 e. The van der Waals surface area contributed by atoms with Crippen LogP contribution in [0.15, 0.2) is 11.4 Å². The Morgan fingerprint density at radius 2 is 2.50 bits per heavy atom. The number of halogens is 1. The predicted molar refractivity (Wildman–Crippen MR) is 54.7 cm³/mol. The number of hydrogen-bond acceptors (Lipinski definition) is 3. The fourth-order valence-corrected chi connectivity index (χ4v) is 1.62. The molecule has 0 saturated carbocycles. The van der Waals surface area contributed by atoms with E-state index in [-0.39, 0.29) is 6.10 Å². The molecule has 0 fully saturated rings. The maximum absolute atomic E-state index is 5.69. The number of nitrogens with zero attached hydrogens (tertiary/aromatic N) is 3. The molecule has 2 rings (SSSR count). The third kappa shape index (κ3) is 1.50. The van der Waals surface area contributed by atoms with E-state index in [9.17, 15) is 0 Å². The van der Waals surface area contributed by atoms with Crippen LogP contribution in [0.25, 0.3) is 0 Å². The number of aromatic nitrogens is 2. The van der Waals surface area contributed by atoms with E-state index < -0.39 is 0 Å². The lowest BCUT2D eigenvalue weighted by molar-refractivity contribution is 0.102. The van der Waals surface area contributed by atoms with Crippen LogP contribution in [0.5, 0.6) is 0 Å². The number of aryl methyl sites for hydroxylation is 1. The fraction of sp³-hybridized carbons (Fsp3) is 0.556. The molecule has 5 heteroatoms. The molecule has 4 nitrogen and oxygen atoms in total. The smallest absolute Gasteiger partial charge is 0.146 e. The van der Waals surface area contributed by atoms with Crippen molar-refractivity contribution in [2.24, 2.45) is 12.2 Å². The van der Waals surface area contributed by atoms with Gasteiger partial charge >= 0.3 is 0 Å². The SMILES string of the molecule is Cc1c(C2=NOC(CCl)C2)cnn1C. The van der Waals surface area contributed by atoms with E-state index in [0.717, 1.165) is 23.4 Å². The zero-order valence-electron chi connectivity index (χ0n) is 8.20. The highest BCUT2D eigenvalue weighted by molar-refractivity contribution is 6.18. The van der Waals surface area contributed by atoms with E-state index in [2.05, 4.69) is 10.3 Å². The van der Waals surface area contributed by atoms with Gasteiger partial charge in [0.2, 0.25) is 0 Å². The quantitative estimate of drug-likeness (QED) is 0.698. The molecule has 0 radical (unpaired) electrons.